The molecule has 1 aliphatic carbocycles. The quantitative estimate of drug-likeness (QED) is 0.878. The van der Waals surface area contributed by atoms with Gasteiger partial charge in [0.1, 0.15) is 5.01 Å². The molecule has 2 N–H and O–H groups in total. The van der Waals surface area contributed by atoms with E-state index in [2.05, 4.69) is 15.3 Å². The van der Waals surface area contributed by atoms with Crippen molar-refractivity contribution < 1.29 is 5.11 Å². The van der Waals surface area contributed by atoms with Gasteiger partial charge < -0.3 is 10.4 Å². The van der Waals surface area contributed by atoms with Gasteiger partial charge in [-0.2, -0.15) is 0 Å². The molecule has 0 amide bonds. The van der Waals surface area contributed by atoms with E-state index in [0.717, 1.165) is 35.7 Å². The first-order chi connectivity index (χ1) is 9.25. The largest absolute Gasteiger partial charge is 0.389 e. The number of pyridine rings is 1. The molecule has 0 radical (unpaired) electrons. The lowest BCUT2D eigenvalue weighted by Crippen LogP contribution is -2.46. The molecular weight excluding hydrogens is 258 g/mol. The second-order valence-electron chi connectivity index (χ2n) is 5.04. The molecule has 0 aliphatic heterocycles. The zero-order valence-corrected chi connectivity index (χ0v) is 11.5. The Bertz CT molecular complexity index is 537. The Morgan fingerprint density at radius 1 is 1.37 bits per heavy atom. The number of nitrogens with one attached hydrogen (secondary N) is 1. The maximum Gasteiger partial charge on any atom is 0.142 e. The summed E-state index contributed by atoms with van der Waals surface area (Å²) in [6.07, 6.45) is 4.74. The van der Waals surface area contributed by atoms with E-state index in [9.17, 15) is 5.11 Å². The second kappa shape index (κ2) is 5.36. The van der Waals surface area contributed by atoms with Gasteiger partial charge >= 0.3 is 0 Å². The summed E-state index contributed by atoms with van der Waals surface area (Å²) < 4.78 is 0. The highest BCUT2D eigenvalue weighted by molar-refractivity contribution is 7.13. The number of hydrogen-bond donors (Lipinski definition) is 2. The topological polar surface area (TPSA) is 58.0 Å². The highest BCUT2D eigenvalue weighted by atomic mass is 32.1. The van der Waals surface area contributed by atoms with Gasteiger partial charge in [0, 0.05) is 24.7 Å². The average Bonchev–Trinajstić information content (AvgIpc) is 2.87. The molecule has 1 aliphatic rings. The van der Waals surface area contributed by atoms with Crippen molar-refractivity contribution in [3.8, 4) is 10.7 Å². The normalized spacial score (nSPS) is 17.1. The van der Waals surface area contributed by atoms with Crippen molar-refractivity contribution in [1.82, 2.24) is 15.3 Å². The Morgan fingerprint density at radius 3 is 2.95 bits per heavy atom. The van der Waals surface area contributed by atoms with Crippen LogP contribution in [-0.2, 0) is 6.54 Å². The summed E-state index contributed by atoms with van der Waals surface area (Å²) in [5.41, 5.74) is 1.45. The van der Waals surface area contributed by atoms with Crippen molar-refractivity contribution in [1.29, 1.82) is 0 Å². The molecule has 1 saturated carbocycles. The van der Waals surface area contributed by atoms with E-state index in [-0.39, 0.29) is 0 Å². The van der Waals surface area contributed by atoms with Crippen molar-refractivity contribution in [2.75, 3.05) is 6.54 Å². The summed E-state index contributed by atoms with van der Waals surface area (Å²) in [7, 11) is 0. The third kappa shape index (κ3) is 3.00. The van der Waals surface area contributed by atoms with Gasteiger partial charge in [0.2, 0.25) is 0 Å². The SMILES string of the molecule is OC1(CNCc2csc(-c3ccccn3)n2)CCC1. The number of hydrogen-bond acceptors (Lipinski definition) is 5. The van der Waals surface area contributed by atoms with Gasteiger partial charge in [0.15, 0.2) is 0 Å². The van der Waals surface area contributed by atoms with Crippen LogP contribution < -0.4 is 5.32 Å². The summed E-state index contributed by atoms with van der Waals surface area (Å²) in [6.45, 7) is 1.36. The van der Waals surface area contributed by atoms with Crippen LogP contribution in [0.2, 0.25) is 0 Å². The molecule has 100 valence electrons. The first-order valence-electron chi connectivity index (χ1n) is 6.54. The predicted octanol–water partition coefficient (Wildman–Crippen LogP) is 2.21. The van der Waals surface area contributed by atoms with Crippen molar-refractivity contribution >= 4 is 11.3 Å². The maximum atomic E-state index is 9.98. The molecule has 0 atom stereocenters. The van der Waals surface area contributed by atoms with Crippen LogP contribution in [0.15, 0.2) is 29.8 Å². The summed E-state index contributed by atoms with van der Waals surface area (Å²) in [6, 6.07) is 5.83. The molecule has 19 heavy (non-hydrogen) atoms. The van der Waals surface area contributed by atoms with Crippen molar-refractivity contribution in [2.45, 2.75) is 31.4 Å². The smallest absolute Gasteiger partial charge is 0.142 e. The van der Waals surface area contributed by atoms with Gasteiger partial charge in [-0.15, -0.1) is 11.3 Å². The molecule has 2 heterocycles. The summed E-state index contributed by atoms with van der Waals surface area (Å²) in [4.78, 5) is 8.85. The van der Waals surface area contributed by atoms with Crippen LogP contribution >= 0.6 is 11.3 Å². The number of aromatic nitrogens is 2. The van der Waals surface area contributed by atoms with E-state index in [1.165, 1.54) is 0 Å². The molecule has 5 heteroatoms. The molecule has 0 spiro atoms. The minimum absolute atomic E-state index is 0.472. The second-order valence-corrected chi connectivity index (χ2v) is 5.90. The third-order valence-corrected chi connectivity index (χ3v) is 4.39. The van der Waals surface area contributed by atoms with Gasteiger partial charge in [-0.05, 0) is 31.4 Å². The molecule has 0 unspecified atom stereocenters. The van der Waals surface area contributed by atoms with Crippen LogP contribution in [0.1, 0.15) is 25.0 Å². The van der Waals surface area contributed by atoms with Crippen LogP contribution in [0.3, 0.4) is 0 Å². The summed E-state index contributed by atoms with van der Waals surface area (Å²) in [5, 5.41) is 16.3. The van der Waals surface area contributed by atoms with Gasteiger partial charge in [0.05, 0.1) is 17.0 Å². The van der Waals surface area contributed by atoms with Crippen LogP contribution in [0, 0.1) is 0 Å². The molecular formula is C14H17N3OS. The minimum Gasteiger partial charge on any atom is -0.389 e. The Balaban J connectivity index is 1.56. The highest BCUT2D eigenvalue weighted by Crippen LogP contribution is 2.30. The molecule has 0 bridgehead atoms. The molecule has 0 saturated heterocycles. The zero-order valence-electron chi connectivity index (χ0n) is 10.7. The lowest BCUT2D eigenvalue weighted by atomic mass is 9.80. The number of thiazole rings is 1. The molecule has 2 aromatic heterocycles. The van der Waals surface area contributed by atoms with Gasteiger partial charge in [0.25, 0.3) is 0 Å². The summed E-state index contributed by atoms with van der Waals surface area (Å²) in [5.74, 6) is 0. The molecule has 3 rings (SSSR count). The Kier molecular flexibility index (Phi) is 3.59. The number of rotatable bonds is 5. The third-order valence-electron chi connectivity index (χ3n) is 3.48. The van der Waals surface area contributed by atoms with Crippen molar-refractivity contribution in [3.63, 3.8) is 0 Å². The van der Waals surface area contributed by atoms with Crippen LogP contribution in [0.4, 0.5) is 0 Å². The minimum atomic E-state index is -0.472. The lowest BCUT2D eigenvalue weighted by molar-refractivity contribution is -0.0315. The van der Waals surface area contributed by atoms with E-state index in [4.69, 9.17) is 0 Å². The molecule has 1 fully saturated rings. The average molecular weight is 275 g/mol. The van der Waals surface area contributed by atoms with Gasteiger partial charge in [-0.3, -0.25) is 4.98 Å². The predicted molar refractivity (Wildman–Crippen MR) is 75.9 cm³/mol. The molecule has 2 aromatic rings. The fourth-order valence-electron chi connectivity index (χ4n) is 2.18. The standard InChI is InChI=1S/C14H17N3OS/c18-14(5-3-6-14)10-15-8-11-9-19-13(17-11)12-4-1-2-7-16-12/h1-2,4,7,9,15,18H,3,5-6,8,10H2. The molecule has 0 aromatic carbocycles. The maximum absolute atomic E-state index is 9.98. The van der Waals surface area contributed by atoms with Gasteiger partial charge in [-0.25, -0.2) is 4.98 Å². The fourth-order valence-corrected chi connectivity index (χ4v) is 2.98. The number of nitrogens with zero attached hydrogens (tertiary/aromatic N) is 2. The Morgan fingerprint density at radius 2 is 2.26 bits per heavy atom. The monoisotopic (exact) mass is 275 g/mol. The van der Waals surface area contributed by atoms with E-state index in [1.807, 2.05) is 23.6 Å². The molecule has 4 nitrogen and oxygen atoms in total. The van der Waals surface area contributed by atoms with Gasteiger partial charge in [-0.1, -0.05) is 6.07 Å². The van der Waals surface area contributed by atoms with E-state index in [0.29, 0.717) is 13.1 Å². The van der Waals surface area contributed by atoms with Crippen LogP contribution in [-0.4, -0.2) is 27.2 Å². The van der Waals surface area contributed by atoms with Crippen LogP contribution in [0.5, 0.6) is 0 Å². The first-order valence-corrected chi connectivity index (χ1v) is 7.42. The highest BCUT2D eigenvalue weighted by Gasteiger charge is 2.33. The van der Waals surface area contributed by atoms with Crippen LogP contribution in [0.25, 0.3) is 10.7 Å². The zero-order chi connectivity index (χ0) is 13.1. The fraction of sp³-hybridized carbons (Fsp3) is 0.429. The van der Waals surface area contributed by atoms with E-state index >= 15 is 0 Å². The Labute approximate surface area is 116 Å². The summed E-state index contributed by atoms with van der Waals surface area (Å²) >= 11 is 1.60. The number of aliphatic hydroxyl groups is 1. The van der Waals surface area contributed by atoms with Crippen molar-refractivity contribution in [3.05, 3.63) is 35.5 Å². The van der Waals surface area contributed by atoms with E-state index < -0.39 is 5.60 Å². The van der Waals surface area contributed by atoms with Crippen molar-refractivity contribution in [2.24, 2.45) is 0 Å². The van der Waals surface area contributed by atoms with E-state index in [1.54, 1.807) is 17.5 Å². The Hall–Kier alpha value is -1.30. The lowest BCUT2D eigenvalue weighted by Gasteiger charge is -2.36. The first kappa shape index (κ1) is 12.7.